The van der Waals surface area contributed by atoms with Gasteiger partial charge in [0.25, 0.3) is 0 Å². The predicted octanol–water partition coefficient (Wildman–Crippen LogP) is 5.44. The molecule has 124 valence electrons. The zero-order chi connectivity index (χ0) is 17.6. The summed E-state index contributed by atoms with van der Waals surface area (Å²) >= 11 is 0. The molecule has 0 atom stereocenters. The van der Waals surface area contributed by atoms with Gasteiger partial charge in [0.1, 0.15) is 0 Å². The zero-order valence-electron chi connectivity index (χ0n) is 14.2. The van der Waals surface area contributed by atoms with Crippen molar-refractivity contribution in [2.45, 2.75) is 23.6 Å². The van der Waals surface area contributed by atoms with Crippen LogP contribution in [-0.2, 0) is 9.84 Å². The number of hydrogen-bond acceptors (Lipinski definition) is 2. The summed E-state index contributed by atoms with van der Waals surface area (Å²) in [4.78, 5) is 0.815. The Kier molecular flexibility index (Phi) is 3.62. The zero-order valence-corrected chi connectivity index (χ0v) is 15.0. The van der Waals surface area contributed by atoms with E-state index in [1.807, 2.05) is 86.6 Å². The monoisotopic (exact) mass is 346 g/mol. The Labute approximate surface area is 147 Å². The lowest BCUT2D eigenvalue weighted by molar-refractivity contribution is 0.596. The Balaban J connectivity index is 2.15. The Morgan fingerprint density at radius 2 is 0.960 bits per heavy atom. The van der Waals surface area contributed by atoms with Crippen LogP contribution in [0.1, 0.15) is 11.1 Å². The summed E-state index contributed by atoms with van der Waals surface area (Å²) in [5.41, 5.74) is 1.54. The van der Waals surface area contributed by atoms with Gasteiger partial charge in [0.2, 0.25) is 9.84 Å². The molecule has 4 aromatic rings. The molecule has 25 heavy (non-hydrogen) atoms. The molecule has 0 aliphatic heterocycles. The molecule has 0 aromatic heterocycles. The summed E-state index contributed by atoms with van der Waals surface area (Å²) in [7, 11) is -3.65. The lowest BCUT2D eigenvalue weighted by Crippen LogP contribution is -2.08. The van der Waals surface area contributed by atoms with Gasteiger partial charge < -0.3 is 0 Å². The maximum absolute atomic E-state index is 13.7. The van der Waals surface area contributed by atoms with Crippen molar-refractivity contribution in [2.75, 3.05) is 0 Å². The number of hydrogen-bond donors (Lipinski definition) is 0. The van der Waals surface area contributed by atoms with E-state index in [0.29, 0.717) is 9.79 Å². The van der Waals surface area contributed by atoms with E-state index in [-0.39, 0.29) is 0 Å². The van der Waals surface area contributed by atoms with Crippen molar-refractivity contribution < 1.29 is 8.42 Å². The number of rotatable bonds is 2. The van der Waals surface area contributed by atoms with Gasteiger partial charge in [-0.1, -0.05) is 72.8 Å². The van der Waals surface area contributed by atoms with E-state index in [4.69, 9.17) is 0 Å². The fourth-order valence-corrected chi connectivity index (χ4v) is 5.66. The van der Waals surface area contributed by atoms with Gasteiger partial charge in [-0.05, 0) is 35.7 Å². The van der Waals surface area contributed by atoms with Gasteiger partial charge in [0.15, 0.2) is 0 Å². The van der Waals surface area contributed by atoms with Crippen LogP contribution in [0, 0.1) is 13.8 Å². The van der Waals surface area contributed by atoms with Gasteiger partial charge in [-0.2, -0.15) is 0 Å². The van der Waals surface area contributed by atoms with Crippen LogP contribution in [0.25, 0.3) is 21.5 Å². The first-order valence-corrected chi connectivity index (χ1v) is 9.70. The minimum atomic E-state index is -3.65. The first kappa shape index (κ1) is 15.9. The quantitative estimate of drug-likeness (QED) is 0.484. The Bertz CT molecular complexity index is 1130. The summed E-state index contributed by atoms with van der Waals surface area (Å²) in [5, 5.41) is 3.42. The lowest BCUT2D eigenvalue weighted by Gasteiger charge is -2.15. The van der Waals surface area contributed by atoms with Crippen LogP contribution in [0.3, 0.4) is 0 Å². The van der Waals surface area contributed by atoms with Gasteiger partial charge >= 0.3 is 0 Å². The van der Waals surface area contributed by atoms with Crippen molar-refractivity contribution in [3.63, 3.8) is 0 Å². The van der Waals surface area contributed by atoms with E-state index in [9.17, 15) is 8.42 Å². The molecule has 0 aliphatic rings. The average molecular weight is 346 g/mol. The molecule has 3 heteroatoms. The smallest absolute Gasteiger partial charge is 0.208 e. The van der Waals surface area contributed by atoms with E-state index in [0.717, 1.165) is 32.7 Å². The average Bonchev–Trinajstić information content (AvgIpc) is 2.61. The molecule has 0 heterocycles. The molecule has 4 rings (SSSR count). The van der Waals surface area contributed by atoms with Crippen LogP contribution in [0.5, 0.6) is 0 Å². The standard InChI is InChI=1S/C22H18O2S/c1-15-11-13-17-7-3-5-9-19(17)21(15)25(23,24)22-16(2)12-14-18-8-4-6-10-20(18)22/h3-14H,1-2H3. The van der Waals surface area contributed by atoms with Gasteiger partial charge in [-0.25, -0.2) is 8.42 Å². The van der Waals surface area contributed by atoms with Crippen LogP contribution in [0.2, 0.25) is 0 Å². The number of benzene rings is 4. The second-order valence-corrected chi connectivity index (χ2v) is 8.19. The maximum atomic E-state index is 13.7. The van der Waals surface area contributed by atoms with Gasteiger partial charge in [-0.15, -0.1) is 0 Å². The highest BCUT2D eigenvalue weighted by molar-refractivity contribution is 7.92. The minimum Gasteiger partial charge on any atom is -0.218 e. The minimum absolute atomic E-state index is 0.407. The summed E-state index contributed by atoms with van der Waals surface area (Å²) in [5.74, 6) is 0. The Hall–Kier alpha value is -2.65. The highest BCUT2D eigenvalue weighted by Crippen LogP contribution is 2.36. The Morgan fingerprint density at radius 1 is 0.560 bits per heavy atom. The highest BCUT2D eigenvalue weighted by atomic mass is 32.2. The van der Waals surface area contributed by atoms with E-state index in [2.05, 4.69) is 0 Å². The third kappa shape index (κ3) is 2.43. The third-order valence-corrected chi connectivity index (χ3v) is 6.85. The van der Waals surface area contributed by atoms with E-state index in [1.54, 1.807) is 0 Å². The molecule has 0 N–H and O–H groups in total. The van der Waals surface area contributed by atoms with Crippen molar-refractivity contribution in [2.24, 2.45) is 0 Å². The normalized spacial score (nSPS) is 11.9. The van der Waals surface area contributed by atoms with E-state index >= 15 is 0 Å². The molecule has 0 radical (unpaired) electrons. The topological polar surface area (TPSA) is 34.1 Å². The predicted molar refractivity (Wildman–Crippen MR) is 103 cm³/mol. The van der Waals surface area contributed by atoms with Gasteiger partial charge in [-0.3, -0.25) is 0 Å². The van der Waals surface area contributed by atoms with Gasteiger partial charge in [0.05, 0.1) is 9.79 Å². The fourth-order valence-electron chi connectivity index (χ4n) is 3.52. The van der Waals surface area contributed by atoms with Crippen molar-refractivity contribution in [3.05, 3.63) is 83.9 Å². The fraction of sp³-hybridized carbons (Fsp3) is 0.0909. The molecule has 0 saturated carbocycles. The first-order valence-electron chi connectivity index (χ1n) is 8.22. The lowest BCUT2D eigenvalue weighted by atomic mass is 10.1. The summed E-state index contributed by atoms with van der Waals surface area (Å²) in [6, 6.07) is 23.0. The molecule has 0 spiro atoms. The van der Waals surface area contributed by atoms with E-state index in [1.165, 1.54) is 0 Å². The highest BCUT2D eigenvalue weighted by Gasteiger charge is 2.26. The van der Waals surface area contributed by atoms with Crippen molar-refractivity contribution in [1.82, 2.24) is 0 Å². The van der Waals surface area contributed by atoms with Crippen LogP contribution in [0.4, 0.5) is 0 Å². The third-order valence-electron chi connectivity index (χ3n) is 4.69. The molecule has 0 bridgehead atoms. The van der Waals surface area contributed by atoms with Gasteiger partial charge in [0, 0.05) is 10.8 Å². The molecule has 2 nitrogen and oxygen atoms in total. The molecule has 0 amide bonds. The molecule has 0 unspecified atom stereocenters. The molecule has 0 fully saturated rings. The molecule has 0 aliphatic carbocycles. The summed E-state index contributed by atoms with van der Waals surface area (Å²) < 4.78 is 27.4. The van der Waals surface area contributed by atoms with Crippen molar-refractivity contribution in [1.29, 1.82) is 0 Å². The van der Waals surface area contributed by atoms with Crippen molar-refractivity contribution >= 4 is 31.4 Å². The number of sulfone groups is 1. The van der Waals surface area contributed by atoms with Crippen molar-refractivity contribution in [3.8, 4) is 0 Å². The second-order valence-electron chi connectivity index (χ2n) is 6.37. The van der Waals surface area contributed by atoms with Crippen LogP contribution in [-0.4, -0.2) is 8.42 Å². The number of fused-ring (bicyclic) bond motifs is 2. The van der Waals surface area contributed by atoms with Crippen LogP contribution in [0.15, 0.2) is 82.6 Å². The molecule has 4 aromatic carbocycles. The second kappa shape index (κ2) is 5.71. The first-order chi connectivity index (χ1) is 12.0. The number of aryl methyl sites for hydroxylation is 2. The largest absolute Gasteiger partial charge is 0.218 e. The van der Waals surface area contributed by atoms with Crippen LogP contribution < -0.4 is 0 Å². The maximum Gasteiger partial charge on any atom is 0.208 e. The molecular formula is C22H18O2S. The Morgan fingerprint density at radius 3 is 1.40 bits per heavy atom. The molecule has 0 saturated heterocycles. The SMILES string of the molecule is Cc1ccc2ccccc2c1S(=O)(=O)c1c(C)ccc2ccccc12. The molecular weight excluding hydrogens is 328 g/mol. The summed E-state index contributed by atoms with van der Waals surface area (Å²) in [6.45, 7) is 3.72. The van der Waals surface area contributed by atoms with E-state index < -0.39 is 9.84 Å². The van der Waals surface area contributed by atoms with Crippen LogP contribution >= 0.6 is 0 Å². The summed E-state index contributed by atoms with van der Waals surface area (Å²) in [6.07, 6.45) is 0.